The zero-order valence-corrected chi connectivity index (χ0v) is 7.69. The van der Waals surface area contributed by atoms with Gasteiger partial charge in [-0.1, -0.05) is 12.1 Å². The highest BCUT2D eigenvalue weighted by Crippen LogP contribution is 2.31. The van der Waals surface area contributed by atoms with Crippen LogP contribution in [0.25, 0.3) is 10.8 Å². The van der Waals surface area contributed by atoms with Gasteiger partial charge in [-0.2, -0.15) is 0 Å². The fourth-order valence-electron chi connectivity index (χ4n) is 1.53. The van der Waals surface area contributed by atoms with Crippen LogP contribution < -0.4 is 5.73 Å². The van der Waals surface area contributed by atoms with Crippen LogP contribution in [0.3, 0.4) is 0 Å². The summed E-state index contributed by atoms with van der Waals surface area (Å²) in [4.78, 5) is 10.7. The summed E-state index contributed by atoms with van der Waals surface area (Å²) in [5.41, 5.74) is 7.78. The molecule has 0 aliphatic carbocycles. The molecule has 0 saturated heterocycles. The lowest BCUT2D eigenvalue weighted by atomic mass is 10.0. The van der Waals surface area contributed by atoms with Crippen molar-refractivity contribution < 1.29 is 15.0 Å². The van der Waals surface area contributed by atoms with Gasteiger partial charge in [0.2, 0.25) is 0 Å². The average Bonchev–Trinajstić information content (AvgIpc) is 2.17. The molecule has 2 aromatic carbocycles. The number of aromatic carboxylic acids is 1. The maximum atomic E-state index is 10.7. The molecule has 2 rings (SSSR count). The minimum atomic E-state index is -1.09. The van der Waals surface area contributed by atoms with Crippen molar-refractivity contribution in [3.8, 4) is 5.75 Å². The van der Waals surface area contributed by atoms with E-state index in [1.54, 1.807) is 18.2 Å². The number of benzene rings is 2. The fourth-order valence-corrected chi connectivity index (χ4v) is 1.53. The van der Waals surface area contributed by atoms with Crippen molar-refractivity contribution in [2.45, 2.75) is 0 Å². The van der Waals surface area contributed by atoms with Crippen LogP contribution in [0, 0.1) is 0 Å². The minimum Gasteiger partial charge on any atom is -0.507 e. The Morgan fingerprint density at radius 3 is 2.67 bits per heavy atom. The summed E-state index contributed by atoms with van der Waals surface area (Å²) < 4.78 is 0. The second kappa shape index (κ2) is 3.16. The Morgan fingerprint density at radius 2 is 2.00 bits per heavy atom. The van der Waals surface area contributed by atoms with E-state index >= 15 is 0 Å². The molecule has 0 amide bonds. The van der Waals surface area contributed by atoms with Crippen molar-refractivity contribution in [1.82, 2.24) is 5.73 Å². The molecule has 4 nitrogen and oxygen atoms in total. The largest absolute Gasteiger partial charge is 0.507 e. The Hall–Kier alpha value is -2.23. The molecular formula is C11H8NO3. The van der Waals surface area contributed by atoms with Crippen LogP contribution in [-0.4, -0.2) is 16.2 Å². The van der Waals surface area contributed by atoms with Crippen molar-refractivity contribution in [2.24, 2.45) is 0 Å². The van der Waals surface area contributed by atoms with E-state index in [1.165, 1.54) is 6.07 Å². The monoisotopic (exact) mass is 202 g/mol. The SMILES string of the molecule is [NH]c1cccc2cc(C(=O)O)cc(O)c12. The molecule has 0 fully saturated rings. The number of carbonyl (C=O) groups is 1. The molecule has 0 atom stereocenters. The number of hydrogen-bond donors (Lipinski definition) is 2. The van der Waals surface area contributed by atoms with Crippen LogP contribution >= 0.6 is 0 Å². The van der Waals surface area contributed by atoms with Crippen molar-refractivity contribution in [1.29, 1.82) is 0 Å². The van der Waals surface area contributed by atoms with E-state index in [9.17, 15) is 9.90 Å². The maximum Gasteiger partial charge on any atom is 0.335 e. The van der Waals surface area contributed by atoms with Crippen LogP contribution in [-0.2, 0) is 0 Å². The highest BCUT2D eigenvalue weighted by atomic mass is 16.4. The first-order valence-electron chi connectivity index (χ1n) is 4.30. The molecule has 0 unspecified atom stereocenters. The third-order valence-corrected chi connectivity index (χ3v) is 2.20. The maximum absolute atomic E-state index is 10.7. The molecule has 75 valence electrons. The van der Waals surface area contributed by atoms with Gasteiger partial charge in [-0.25, -0.2) is 4.79 Å². The topological polar surface area (TPSA) is 81.3 Å². The summed E-state index contributed by atoms with van der Waals surface area (Å²) in [7, 11) is 0. The van der Waals surface area contributed by atoms with Gasteiger partial charge in [0.1, 0.15) is 5.75 Å². The molecule has 0 aliphatic rings. The van der Waals surface area contributed by atoms with Crippen LogP contribution in [0.4, 0.5) is 5.69 Å². The Kier molecular flexibility index (Phi) is 1.97. The van der Waals surface area contributed by atoms with Gasteiger partial charge >= 0.3 is 5.97 Å². The molecule has 1 radical (unpaired) electrons. The number of rotatable bonds is 1. The van der Waals surface area contributed by atoms with Gasteiger partial charge in [0.25, 0.3) is 0 Å². The Morgan fingerprint density at radius 1 is 1.27 bits per heavy atom. The van der Waals surface area contributed by atoms with E-state index in [2.05, 4.69) is 0 Å². The Bertz CT molecular complexity index is 549. The van der Waals surface area contributed by atoms with Crippen molar-refractivity contribution in [3.63, 3.8) is 0 Å². The van der Waals surface area contributed by atoms with Gasteiger partial charge in [-0.15, -0.1) is 0 Å². The van der Waals surface area contributed by atoms with Crippen LogP contribution in [0.1, 0.15) is 10.4 Å². The highest BCUT2D eigenvalue weighted by Gasteiger charge is 2.10. The van der Waals surface area contributed by atoms with Crippen LogP contribution in [0.5, 0.6) is 5.75 Å². The van der Waals surface area contributed by atoms with Gasteiger partial charge in [0.15, 0.2) is 0 Å². The molecule has 0 bridgehead atoms. The summed E-state index contributed by atoms with van der Waals surface area (Å²) in [6.45, 7) is 0. The molecule has 0 aromatic heterocycles. The first kappa shape index (κ1) is 9.33. The molecule has 0 saturated carbocycles. The molecule has 4 heteroatoms. The molecule has 15 heavy (non-hydrogen) atoms. The average molecular weight is 202 g/mol. The summed E-state index contributed by atoms with van der Waals surface area (Å²) in [5, 5.41) is 19.3. The van der Waals surface area contributed by atoms with Crippen LogP contribution in [0.15, 0.2) is 30.3 Å². The second-order valence-electron chi connectivity index (χ2n) is 3.20. The molecule has 0 heterocycles. The number of carboxylic acid groups (broad SMARTS) is 1. The van der Waals surface area contributed by atoms with E-state index in [-0.39, 0.29) is 17.0 Å². The first-order chi connectivity index (χ1) is 7.09. The van der Waals surface area contributed by atoms with Gasteiger partial charge in [0.05, 0.1) is 11.3 Å². The fraction of sp³-hybridized carbons (Fsp3) is 0. The lowest BCUT2D eigenvalue weighted by Crippen LogP contribution is -1.95. The molecule has 0 aliphatic heterocycles. The number of nitrogens with one attached hydrogen (secondary N) is 1. The van der Waals surface area contributed by atoms with Crippen molar-refractivity contribution >= 4 is 22.4 Å². The number of hydrogen-bond acceptors (Lipinski definition) is 2. The lowest BCUT2D eigenvalue weighted by Gasteiger charge is -2.05. The number of carboxylic acids is 1. The predicted molar refractivity (Wildman–Crippen MR) is 55.3 cm³/mol. The van der Waals surface area contributed by atoms with E-state index in [0.29, 0.717) is 10.8 Å². The van der Waals surface area contributed by atoms with Gasteiger partial charge in [0, 0.05) is 5.39 Å². The van der Waals surface area contributed by atoms with Gasteiger partial charge < -0.3 is 15.9 Å². The Balaban J connectivity index is 2.84. The number of phenolic OH excluding ortho intramolecular Hbond substituents is 1. The summed E-state index contributed by atoms with van der Waals surface area (Å²) >= 11 is 0. The second-order valence-corrected chi connectivity index (χ2v) is 3.20. The van der Waals surface area contributed by atoms with Crippen molar-refractivity contribution in [3.05, 3.63) is 35.9 Å². The normalized spacial score (nSPS) is 10.4. The smallest absolute Gasteiger partial charge is 0.335 e. The number of fused-ring (bicyclic) bond motifs is 1. The zero-order chi connectivity index (χ0) is 11.0. The Labute approximate surface area is 85.6 Å². The van der Waals surface area contributed by atoms with Gasteiger partial charge in [-0.05, 0) is 23.6 Å². The molecule has 3 N–H and O–H groups in total. The summed E-state index contributed by atoms with van der Waals surface area (Å²) in [6.07, 6.45) is 0. The zero-order valence-electron chi connectivity index (χ0n) is 7.69. The highest BCUT2D eigenvalue weighted by molar-refractivity contribution is 6.01. The van der Waals surface area contributed by atoms with Crippen LogP contribution in [0.2, 0.25) is 0 Å². The standard InChI is InChI=1S/C11H8NO3/c12-8-3-1-2-6-4-7(11(14)15)5-9(13)10(6)8/h1-5,12-13H,(H,14,15). The summed E-state index contributed by atoms with van der Waals surface area (Å²) in [6, 6.07) is 7.45. The quantitative estimate of drug-likeness (QED) is 0.743. The third-order valence-electron chi connectivity index (χ3n) is 2.20. The predicted octanol–water partition coefficient (Wildman–Crippen LogP) is 2.16. The van der Waals surface area contributed by atoms with Gasteiger partial charge in [-0.3, -0.25) is 0 Å². The van der Waals surface area contributed by atoms with E-state index in [1.807, 2.05) is 0 Å². The summed E-state index contributed by atoms with van der Waals surface area (Å²) in [5.74, 6) is -1.27. The van der Waals surface area contributed by atoms with E-state index in [0.717, 1.165) is 6.07 Å². The first-order valence-corrected chi connectivity index (χ1v) is 4.30. The molecule has 2 aromatic rings. The van der Waals surface area contributed by atoms with Crippen molar-refractivity contribution in [2.75, 3.05) is 0 Å². The number of phenols is 1. The minimum absolute atomic E-state index is 0.0191. The molecule has 0 spiro atoms. The third kappa shape index (κ3) is 1.46. The molecular weight excluding hydrogens is 194 g/mol. The van der Waals surface area contributed by atoms with E-state index in [4.69, 9.17) is 10.8 Å². The lowest BCUT2D eigenvalue weighted by molar-refractivity contribution is 0.0696. The number of aromatic hydroxyl groups is 1. The van der Waals surface area contributed by atoms with E-state index < -0.39 is 5.97 Å².